The van der Waals surface area contributed by atoms with Crippen LogP contribution in [-0.4, -0.2) is 40.7 Å². The topological polar surface area (TPSA) is 40.6 Å². The molecule has 0 spiro atoms. The number of allylic oxidation sites excluding steroid dienone is 1. The van der Waals surface area contributed by atoms with Gasteiger partial charge in [0.1, 0.15) is 0 Å². The molecule has 3 saturated heterocycles. The maximum absolute atomic E-state index is 12.7. The van der Waals surface area contributed by atoms with Crippen LogP contribution < -0.4 is 0 Å². The van der Waals surface area contributed by atoms with E-state index in [0.29, 0.717) is 0 Å². The Kier molecular flexibility index (Phi) is 2.47. The molecule has 0 saturated carbocycles. The van der Waals surface area contributed by atoms with Gasteiger partial charge in [-0.3, -0.25) is 9.59 Å². The molecule has 0 aromatic heterocycles. The average molecular weight is 260 g/mol. The first-order valence-corrected chi connectivity index (χ1v) is 7.59. The standard InChI is InChI=1S/C15H20N2O2/c18-14-10-9-11(13-6-2-4-8-17(13)14)15(19)16-7-3-1-5-12(10)16/h5,10-11,13H,1-4,6-9H2. The van der Waals surface area contributed by atoms with Crippen molar-refractivity contribution in [2.45, 2.75) is 44.6 Å². The first kappa shape index (κ1) is 11.5. The lowest BCUT2D eigenvalue weighted by Gasteiger charge is -2.52. The van der Waals surface area contributed by atoms with Crippen LogP contribution in [0, 0.1) is 11.8 Å². The third-order valence-electron chi connectivity index (χ3n) is 5.28. The van der Waals surface area contributed by atoms with Crippen molar-refractivity contribution >= 4 is 11.8 Å². The largest absolute Gasteiger partial charge is 0.338 e. The van der Waals surface area contributed by atoms with Gasteiger partial charge in [0.25, 0.3) is 0 Å². The minimum absolute atomic E-state index is 0.0302. The normalized spacial score (nSPS) is 37.7. The van der Waals surface area contributed by atoms with Gasteiger partial charge in [-0.1, -0.05) is 6.08 Å². The van der Waals surface area contributed by atoms with Crippen molar-refractivity contribution in [1.82, 2.24) is 9.80 Å². The summed E-state index contributed by atoms with van der Waals surface area (Å²) in [7, 11) is 0. The van der Waals surface area contributed by atoms with E-state index in [2.05, 4.69) is 6.08 Å². The van der Waals surface area contributed by atoms with E-state index in [9.17, 15) is 9.59 Å². The fourth-order valence-electron chi connectivity index (χ4n) is 4.38. The van der Waals surface area contributed by atoms with Gasteiger partial charge < -0.3 is 9.80 Å². The maximum atomic E-state index is 12.7. The van der Waals surface area contributed by atoms with E-state index >= 15 is 0 Å². The Balaban J connectivity index is 1.75. The highest BCUT2D eigenvalue weighted by Crippen LogP contribution is 2.44. The molecule has 3 atom stereocenters. The van der Waals surface area contributed by atoms with E-state index in [1.165, 1.54) is 0 Å². The Bertz CT molecular complexity index is 471. The van der Waals surface area contributed by atoms with Crippen molar-refractivity contribution in [3.8, 4) is 0 Å². The number of nitrogens with zero attached hydrogens (tertiary/aromatic N) is 2. The van der Waals surface area contributed by atoms with Gasteiger partial charge in [0.2, 0.25) is 11.8 Å². The molecule has 4 heteroatoms. The van der Waals surface area contributed by atoms with Gasteiger partial charge in [-0.25, -0.2) is 0 Å². The van der Waals surface area contributed by atoms with Crippen LogP contribution in [0.4, 0.5) is 0 Å². The molecule has 4 nitrogen and oxygen atoms in total. The van der Waals surface area contributed by atoms with Crippen molar-refractivity contribution in [3.05, 3.63) is 11.8 Å². The predicted molar refractivity (Wildman–Crippen MR) is 70.0 cm³/mol. The molecule has 0 aliphatic carbocycles. The fourth-order valence-corrected chi connectivity index (χ4v) is 4.38. The monoisotopic (exact) mass is 260 g/mol. The first-order valence-electron chi connectivity index (χ1n) is 7.59. The summed E-state index contributed by atoms with van der Waals surface area (Å²) < 4.78 is 0. The maximum Gasteiger partial charge on any atom is 0.231 e. The van der Waals surface area contributed by atoms with Crippen molar-refractivity contribution in [2.24, 2.45) is 11.8 Å². The van der Waals surface area contributed by atoms with Crippen LogP contribution in [0.3, 0.4) is 0 Å². The molecule has 0 aromatic rings. The van der Waals surface area contributed by atoms with Crippen molar-refractivity contribution in [1.29, 1.82) is 0 Å². The molecule has 19 heavy (non-hydrogen) atoms. The highest BCUT2D eigenvalue weighted by atomic mass is 16.2. The van der Waals surface area contributed by atoms with E-state index in [0.717, 1.165) is 57.3 Å². The van der Waals surface area contributed by atoms with Gasteiger partial charge in [-0.2, -0.15) is 0 Å². The summed E-state index contributed by atoms with van der Waals surface area (Å²) in [5, 5.41) is 0. The van der Waals surface area contributed by atoms with Crippen LogP contribution in [0.2, 0.25) is 0 Å². The Morgan fingerprint density at radius 3 is 2.84 bits per heavy atom. The molecule has 3 fully saturated rings. The van der Waals surface area contributed by atoms with E-state index in [1.807, 2.05) is 9.80 Å². The Morgan fingerprint density at radius 2 is 1.95 bits per heavy atom. The lowest BCUT2D eigenvalue weighted by molar-refractivity contribution is -0.159. The number of fused-ring (bicyclic) bond motifs is 6. The minimum Gasteiger partial charge on any atom is -0.338 e. The van der Waals surface area contributed by atoms with Gasteiger partial charge >= 0.3 is 0 Å². The zero-order valence-corrected chi connectivity index (χ0v) is 11.2. The Labute approximate surface area is 113 Å². The number of rotatable bonds is 0. The molecule has 2 bridgehead atoms. The van der Waals surface area contributed by atoms with Crippen LogP contribution in [0.5, 0.6) is 0 Å². The zero-order valence-electron chi connectivity index (χ0n) is 11.2. The van der Waals surface area contributed by atoms with Crippen LogP contribution >= 0.6 is 0 Å². The predicted octanol–water partition coefficient (Wildman–Crippen LogP) is 1.52. The molecule has 102 valence electrons. The number of carbonyl (C=O) groups is 2. The molecule has 0 radical (unpaired) electrons. The van der Waals surface area contributed by atoms with Crippen LogP contribution in [0.15, 0.2) is 11.8 Å². The van der Waals surface area contributed by atoms with Crippen molar-refractivity contribution < 1.29 is 9.59 Å². The fraction of sp³-hybridized carbons (Fsp3) is 0.733. The zero-order chi connectivity index (χ0) is 13.0. The van der Waals surface area contributed by atoms with E-state index < -0.39 is 0 Å². The van der Waals surface area contributed by atoms with Crippen LogP contribution in [-0.2, 0) is 9.59 Å². The summed E-state index contributed by atoms with van der Waals surface area (Å²) in [6.07, 6.45) is 8.21. The number of hydrogen-bond acceptors (Lipinski definition) is 2. The summed E-state index contributed by atoms with van der Waals surface area (Å²) in [5.74, 6) is 0.605. The summed E-state index contributed by atoms with van der Waals surface area (Å²) in [5.41, 5.74) is 1.02. The van der Waals surface area contributed by atoms with Crippen LogP contribution in [0.1, 0.15) is 38.5 Å². The summed E-state index contributed by atoms with van der Waals surface area (Å²) in [6, 6.07) is 0.188. The second kappa shape index (κ2) is 4.09. The summed E-state index contributed by atoms with van der Waals surface area (Å²) in [6.45, 7) is 1.68. The summed E-state index contributed by atoms with van der Waals surface area (Å²) >= 11 is 0. The highest BCUT2D eigenvalue weighted by molar-refractivity contribution is 5.92. The molecule has 4 heterocycles. The molecule has 0 N–H and O–H groups in total. The molecule has 0 aromatic carbocycles. The summed E-state index contributed by atoms with van der Waals surface area (Å²) in [4.78, 5) is 29.3. The second-order valence-electron chi connectivity index (χ2n) is 6.25. The van der Waals surface area contributed by atoms with E-state index in [4.69, 9.17) is 0 Å². The molecule has 4 aliphatic heterocycles. The van der Waals surface area contributed by atoms with Crippen molar-refractivity contribution in [3.63, 3.8) is 0 Å². The molecule has 3 unspecified atom stereocenters. The molecular weight excluding hydrogens is 240 g/mol. The number of amides is 2. The molecule has 4 rings (SSSR count). The SMILES string of the molecule is O=C1C2CC(C(=O)N3CCCCC23)C2=CCCCN12. The number of carbonyl (C=O) groups excluding carboxylic acids is 2. The van der Waals surface area contributed by atoms with E-state index in [1.54, 1.807) is 0 Å². The Morgan fingerprint density at radius 1 is 1.05 bits per heavy atom. The van der Waals surface area contributed by atoms with Crippen molar-refractivity contribution in [2.75, 3.05) is 13.1 Å². The highest BCUT2D eigenvalue weighted by Gasteiger charge is 2.52. The van der Waals surface area contributed by atoms with Gasteiger partial charge in [-0.15, -0.1) is 0 Å². The van der Waals surface area contributed by atoms with Gasteiger partial charge in [0.15, 0.2) is 0 Å². The first-order chi connectivity index (χ1) is 9.27. The second-order valence-corrected chi connectivity index (χ2v) is 6.25. The lowest BCUT2D eigenvalue weighted by Crippen LogP contribution is -2.63. The number of hydrogen-bond donors (Lipinski definition) is 0. The smallest absolute Gasteiger partial charge is 0.231 e. The van der Waals surface area contributed by atoms with Gasteiger partial charge in [0.05, 0.1) is 11.8 Å². The minimum atomic E-state index is -0.0302. The Hall–Kier alpha value is -1.32. The quantitative estimate of drug-likeness (QED) is 0.662. The molecule has 4 aliphatic rings. The third-order valence-corrected chi connectivity index (χ3v) is 5.28. The van der Waals surface area contributed by atoms with Gasteiger partial charge in [0, 0.05) is 24.8 Å². The third kappa shape index (κ3) is 1.52. The molecule has 2 amide bonds. The van der Waals surface area contributed by atoms with Crippen LogP contribution in [0.25, 0.3) is 0 Å². The lowest BCUT2D eigenvalue weighted by atomic mass is 9.73. The van der Waals surface area contributed by atoms with E-state index in [-0.39, 0.29) is 29.7 Å². The van der Waals surface area contributed by atoms with Gasteiger partial charge in [-0.05, 0) is 38.5 Å². The number of piperidine rings is 3. The average Bonchev–Trinajstić information content (AvgIpc) is 2.47. The molecular formula is C15H20N2O2.